The summed E-state index contributed by atoms with van der Waals surface area (Å²) in [5.41, 5.74) is 0. The average molecular weight is 136 g/mol. The maximum Gasteiger partial charge on any atom is 0.0916 e. The number of hydrogen-bond donors (Lipinski definition) is 1. The van der Waals surface area contributed by atoms with Gasteiger partial charge in [-0.15, -0.1) is 0 Å². The molecule has 0 radical (unpaired) electrons. The van der Waals surface area contributed by atoms with Crippen LogP contribution >= 0.6 is 0 Å². The highest BCUT2D eigenvalue weighted by Gasteiger charge is 1.86. The number of rotatable bonds is 6. The van der Waals surface area contributed by atoms with Gasteiger partial charge in [0.15, 0.2) is 0 Å². The lowest BCUT2D eigenvalue weighted by Crippen LogP contribution is -1.99. The Balaban J connectivity index is 2.60. The standard InChI is InChI=1S/C6H13FO2/c7-3-1-5-9-6-2-4-8/h8H,1-6H2. The Morgan fingerprint density at radius 1 is 1.22 bits per heavy atom. The molecule has 0 aliphatic heterocycles. The SMILES string of the molecule is OCCCOCCCF. The lowest BCUT2D eigenvalue weighted by molar-refractivity contribution is 0.110. The fraction of sp³-hybridized carbons (Fsp3) is 1.00. The minimum Gasteiger partial charge on any atom is -0.396 e. The molecule has 0 atom stereocenters. The van der Waals surface area contributed by atoms with Crippen LogP contribution in [0.15, 0.2) is 0 Å². The largest absolute Gasteiger partial charge is 0.396 e. The third-order valence-electron chi connectivity index (χ3n) is 0.869. The number of ether oxygens (including phenoxy) is 1. The fourth-order valence-corrected chi connectivity index (χ4v) is 0.425. The van der Waals surface area contributed by atoms with Gasteiger partial charge in [-0.3, -0.25) is 4.39 Å². The van der Waals surface area contributed by atoms with Crippen molar-refractivity contribution < 1.29 is 14.2 Å². The first-order chi connectivity index (χ1) is 4.41. The van der Waals surface area contributed by atoms with Gasteiger partial charge in [0.1, 0.15) is 0 Å². The molecule has 0 aromatic rings. The molecule has 0 spiro atoms. The maximum absolute atomic E-state index is 11.4. The minimum absolute atomic E-state index is 0.148. The van der Waals surface area contributed by atoms with Crippen molar-refractivity contribution in [3.63, 3.8) is 0 Å². The summed E-state index contributed by atoms with van der Waals surface area (Å²) in [6.45, 7) is 0.835. The van der Waals surface area contributed by atoms with Crippen LogP contribution in [-0.2, 0) is 4.74 Å². The van der Waals surface area contributed by atoms with Crippen LogP contribution in [-0.4, -0.2) is 31.6 Å². The van der Waals surface area contributed by atoms with E-state index in [2.05, 4.69) is 0 Å². The summed E-state index contributed by atoms with van der Waals surface area (Å²) in [5.74, 6) is 0. The molecule has 3 heteroatoms. The fourth-order valence-electron chi connectivity index (χ4n) is 0.425. The highest BCUT2D eigenvalue weighted by atomic mass is 19.1. The topological polar surface area (TPSA) is 29.5 Å². The molecule has 0 unspecified atom stereocenters. The van der Waals surface area contributed by atoms with Crippen molar-refractivity contribution in [2.45, 2.75) is 12.8 Å². The lowest BCUT2D eigenvalue weighted by atomic mass is 10.5. The predicted molar refractivity (Wildman–Crippen MR) is 33.1 cm³/mol. The number of aliphatic hydroxyl groups excluding tert-OH is 1. The van der Waals surface area contributed by atoms with Crippen molar-refractivity contribution in [1.29, 1.82) is 0 Å². The van der Waals surface area contributed by atoms with E-state index >= 15 is 0 Å². The van der Waals surface area contributed by atoms with Crippen LogP contribution in [0.1, 0.15) is 12.8 Å². The van der Waals surface area contributed by atoms with Gasteiger partial charge in [-0.2, -0.15) is 0 Å². The minimum atomic E-state index is -0.320. The maximum atomic E-state index is 11.4. The van der Waals surface area contributed by atoms with Crippen molar-refractivity contribution in [3.05, 3.63) is 0 Å². The molecule has 56 valence electrons. The number of alkyl halides is 1. The summed E-state index contributed by atoms with van der Waals surface area (Å²) >= 11 is 0. The van der Waals surface area contributed by atoms with E-state index in [4.69, 9.17) is 9.84 Å². The first kappa shape index (κ1) is 8.85. The monoisotopic (exact) mass is 136 g/mol. The van der Waals surface area contributed by atoms with E-state index < -0.39 is 0 Å². The Labute approximate surface area is 54.6 Å². The molecule has 0 rings (SSSR count). The highest BCUT2D eigenvalue weighted by Crippen LogP contribution is 1.85. The molecule has 0 bridgehead atoms. The molecule has 0 aliphatic carbocycles. The van der Waals surface area contributed by atoms with Crippen LogP contribution in [0, 0.1) is 0 Å². The van der Waals surface area contributed by atoms with Gasteiger partial charge in [0.2, 0.25) is 0 Å². The van der Waals surface area contributed by atoms with Gasteiger partial charge in [0.25, 0.3) is 0 Å². The molecular weight excluding hydrogens is 123 g/mol. The molecule has 0 amide bonds. The summed E-state index contributed by atoms with van der Waals surface area (Å²) in [6.07, 6.45) is 1.11. The predicted octanol–water partition coefficient (Wildman–Crippen LogP) is 0.745. The third kappa shape index (κ3) is 7.85. The second kappa shape index (κ2) is 7.85. The van der Waals surface area contributed by atoms with E-state index in [1.165, 1.54) is 0 Å². The molecule has 0 aromatic heterocycles. The Morgan fingerprint density at radius 2 is 1.89 bits per heavy atom. The van der Waals surface area contributed by atoms with Gasteiger partial charge < -0.3 is 9.84 Å². The van der Waals surface area contributed by atoms with Crippen LogP contribution in [0.4, 0.5) is 4.39 Å². The third-order valence-corrected chi connectivity index (χ3v) is 0.869. The molecule has 0 fully saturated rings. The molecule has 1 N–H and O–H groups in total. The Morgan fingerprint density at radius 3 is 2.44 bits per heavy atom. The van der Waals surface area contributed by atoms with Crippen LogP contribution in [0.25, 0.3) is 0 Å². The van der Waals surface area contributed by atoms with Crippen molar-refractivity contribution in [2.24, 2.45) is 0 Å². The van der Waals surface area contributed by atoms with E-state index in [1.807, 2.05) is 0 Å². The zero-order chi connectivity index (χ0) is 6.95. The second-order valence-electron chi connectivity index (χ2n) is 1.73. The van der Waals surface area contributed by atoms with E-state index in [1.54, 1.807) is 0 Å². The molecule has 0 aliphatic rings. The number of hydrogen-bond acceptors (Lipinski definition) is 2. The summed E-state index contributed by atoms with van der Waals surface area (Å²) in [6, 6.07) is 0. The molecule has 0 saturated heterocycles. The molecule has 9 heavy (non-hydrogen) atoms. The van der Waals surface area contributed by atoms with E-state index in [-0.39, 0.29) is 13.3 Å². The number of halogens is 1. The first-order valence-corrected chi connectivity index (χ1v) is 3.16. The quantitative estimate of drug-likeness (QED) is 0.546. The second-order valence-corrected chi connectivity index (χ2v) is 1.73. The Kier molecular flexibility index (Phi) is 7.72. The summed E-state index contributed by atoms with van der Waals surface area (Å²) in [4.78, 5) is 0. The van der Waals surface area contributed by atoms with Gasteiger partial charge >= 0.3 is 0 Å². The van der Waals surface area contributed by atoms with Gasteiger partial charge in [0.05, 0.1) is 6.67 Å². The molecule has 0 heterocycles. The first-order valence-electron chi connectivity index (χ1n) is 3.16. The summed E-state index contributed by atoms with van der Waals surface area (Å²) < 4.78 is 16.3. The average Bonchev–Trinajstić information content (AvgIpc) is 1.89. The lowest BCUT2D eigenvalue weighted by Gasteiger charge is -1.98. The zero-order valence-electron chi connectivity index (χ0n) is 5.48. The van der Waals surface area contributed by atoms with Gasteiger partial charge in [-0.05, 0) is 12.8 Å². The van der Waals surface area contributed by atoms with Gasteiger partial charge in [0, 0.05) is 19.8 Å². The van der Waals surface area contributed by atoms with E-state index in [0.717, 1.165) is 0 Å². The summed E-state index contributed by atoms with van der Waals surface area (Å²) in [7, 11) is 0. The van der Waals surface area contributed by atoms with E-state index in [0.29, 0.717) is 26.1 Å². The number of aliphatic hydroxyl groups is 1. The molecule has 0 aromatic carbocycles. The normalized spacial score (nSPS) is 10.0. The smallest absolute Gasteiger partial charge is 0.0916 e. The van der Waals surface area contributed by atoms with Crippen molar-refractivity contribution in [1.82, 2.24) is 0 Å². The van der Waals surface area contributed by atoms with Gasteiger partial charge in [-0.1, -0.05) is 0 Å². The summed E-state index contributed by atoms with van der Waals surface area (Å²) in [5, 5.41) is 8.27. The van der Waals surface area contributed by atoms with Crippen LogP contribution in [0.2, 0.25) is 0 Å². The Bertz CT molecular complexity index is 44.3. The van der Waals surface area contributed by atoms with Crippen LogP contribution in [0.5, 0.6) is 0 Å². The van der Waals surface area contributed by atoms with E-state index in [9.17, 15) is 4.39 Å². The Hall–Kier alpha value is -0.150. The molecule has 0 saturated carbocycles. The van der Waals surface area contributed by atoms with Crippen molar-refractivity contribution in [3.8, 4) is 0 Å². The zero-order valence-corrected chi connectivity index (χ0v) is 5.48. The molecule has 2 nitrogen and oxygen atoms in total. The van der Waals surface area contributed by atoms with Crippen LogP contribution in [0.3, 0.4) is 0 Å². The van der Waals surface area contributed by atoms with Crippen LogP contribution < -0.4 is 0 Å². The van der Waals surface area contributed by atoms with Gasteiger partial charge in [-0.25, -0.2) is 0 Å². The van der Waals surface area contributed by atoms with Crippen molar-refractivity contribution in [2.75, 3.05) is 26.5 Å². The molecular formula is C6H13FO2. The van der Waals surface area contributed by atoms with Crippen molar-refractivity contribution >= 4 is 0 Å². The highest BCUT2D eigenvalue weighted by molar-refractivity contribution is 4.33.